The van der Waals surface area contributed by atoms with Gasteiger partial charge in [-0.3, -0.25) is 0 Å². The van der Waals surface area contributed by atoms with Crippen LogP contribution in [0.4, 0.5) is 0 Å². The van der Waals surface area contributed by atoms with Crippen LogP contribution < -0.4 is 0 Å². The lowest BCUT2D eigenvalue weighted by Gasteiger charge is -2.41. The maximum absolute atomic E-state index is 4.27. The van der Waals surface area contributed by atoms with Crippen molar-refractivity contribution in [2.24, 2.45) is 0 Å². The van der Waals surface area contributed by atoms with Crippen molar-refractivity contribution >= 4 is 10.9 Å². The molecule has 1 atom stereocenters. The van der Waals surface area contributed by atoms with E-state index in [1.54, 1.807) is 6.20 Å². The number of nitrogens with one attached hydrogen (secondary N) is 1. The van der Waals surface area contributed by atoms with E-state index in [1.165, 1.54) is 27.6 Å². The molecule has 0 spiro atoms. The van der Waals surface area contributed by atoms with Gasteiger partial charge in [0, 0.05) is 42.0 Å². The SMILES string of the molecule is CN1Cc2cc(-c3cccnn3)ccc2C(C)(c2ccc3cc[nH]c3c2)C1. The summed E-state index contributed by atoms with van der Waals surface area (Å²) in [5, 5.41) is 9.55. The molecule has 134 valence electrons. The molecule has 0 aliphatic carbocycles. The van der Waals surface area contributed by atoms with E-state index in [9.17, 15) is 0 Å². The topological polar surface area (TPSA) is 44.8 Å². The zero-order valence-corrected chi connectivity index (χ0v) is 15.6. The molecule has 1 unspecified atom stereocenters. The van der Waals surface area contributed by atoms with Crippen LogP contribution in [0.15, 0.2) is 67.0 Å². The van der Waals surface area contributed by atoms with Crippen LogP contribution >= 0.6 is 0 Å². The number of fused-ring (bicyclic) bond motifs is 2. The summed E-state index contributed by atoms with van der Waals surface area (Å²) in [6.07, 6.45) is 3.72. The number of rotatable bonds is 2. The van der Waals surface area contributed by atoms with Crippen molar-refractivity contribution in [1.29, 1.82) is 0 Å². The molecule has 0 amide bonds. The van der Waals surface area contributed by atoms with E-state index in [0.29, 0.717) is 0 Å². The first-order chi connectivity index (χ1) is 13.1. The van der Waals surface area contributed by atoms with E-state index < -0.39 is 0 Å². The second-order valence-electron chi connectivity index (χ2n) is 7.76. The van der Waals surface area contributed by atoms with Gasteiger partial charge in [-0.05, 0) is 59.5 Å². The van der Waals surface area contributed by atoms with Crippen LogP contribution in [0.25, 0.3) is 22.2 Å². The molecule has 0 bridgehead atoms. The van der Waals surface area contributed by atoms with Crippen molar-refractivity contribution in [3.63, 3.8) is 0 Å². The maximum atomic E-state index is 4.27. The van der Waals surface area contributed by atoms with Crippen LogP contribution in [0.2, 0.25) is 0 Å². The predicted molar refractivity (Wildman–Crippen MR) is 109 cm³/mol. The fourth-order valence-electron chi connectivity index (χ4n) is 4.49. The minimum atomic E-state index is -0.0530. The lowest BCUT2D eigenvalue weighted by molar-refractivity contribution is 0.248. The first-order valence-corrected chi connectivity index (χ1v) is 9.31. The van der Waals surface area contributed by atoms with Crippen LogP contribution in [0.1, 0.15) is 23.6 Å². The highest BCUT2D eigenvalue weighted by Crippen LogP contribution is 2.40. The summed E-state index contributed by atoms with van der Waals surface area (Å²) in [6, 6.07) is 19.6. The molecule has 4 heteroatoms. The third kappa shape index (κ3) is 2.64. The summed E-state index contributed by atoms with van der Waals surface area (Å²) in [7, 11) is 2.20. The average molecular weight is 354 g/mol. The number of aromatic amines is 1. The zero-order chi connectivity index (χ0) is 18.4. The van der Waals surface area contributed by atoms with Gasteiger partial charge in [-0.15, -0.1) is 0 Å². The zero-order valence-electron chi connectivity index (χ0n) is 15.6. The van der Waals surface area contributed by atoms with Crippen LogP contribution in [0.3, 0.4) is 0 Å². The second kappa shape index (κ2) is 6.03. The van der Waals surface area contributed by atoms with E-state index in [1.807, 2.05) is 18.3 Å². The van der Waals surface area contributed by atoms with Gasteiger partial charge in [0.25, 0.3) is 0 Å². The summed E-state index contributed by atoms with van der Waals surface area (Å²) >= 11 is 0. The van der Waals surface area contributed by atoms with Gasteiger partial charge in [0.05, 0.1) is 5.69 Å². The third-order valence-corrected chi connectivity index (χ3v) is 5.79. The summed E-state index contributed by atoms with van der Waals surface area (Å²) in [5.74, 6) is 0. The molecule has 1 aliphatic rings. The minimum absolute atomic E-state index is 0.0530. The van der Waals surface area contributed by atoms with Crippen LogP contribution in [0.5, 0.6) is 0 Å². The molecule has 2 aromatic heterocycles. The lowest BCUT2D eigenvalue weighted by Crippen LogP contribution is -2.42. The number of likely N-dealkylation sites (N-methyl/N-ethyl adjacent to an activating group) is 1. The number of hydrogen-bond acceptors (Lipinski definition) is 3. The predicted octanol–water partition coefficient (Wildman–Crippen LogP) is 4.38. The van der Waals surface area contributed by atoms with Gasteiger partial charge in [-0.1, -0.05) is 31.2 Å². The van der Waals surface area contributed by atoms with Gasteiger partial charge in [-0.25, -0.2) is 0 Å². The molecule has 2 aromatic carbocycles. The van der Waals surface area contributed by atoms with Crippen molar-refractivity contribution < 1.29 is 0 Å². The highest BCUT2D eigenvalue weighted by atomic mass is 15.1. The number of nitrogens with zero attached hydrogens (tertiary/aromatic N) is 3. The first-order valence-electron chi connectivity index (χ1n) is 9.31. The molecular weight excluding hydrogens is 332 g/mol. The molecule has 4 aromatic rings. The van der Waals surface area contributed by atoms with Gasteiger partial charge < -0.3 is 9.88 Å². The molecule has 0 saturated carbocycles. The molecular formula is C23H22N4. The van der Waals surface area contributed by atoms with Gasteiger partial charge in [-0.2, -0.15) is 10.2 Å². The Morgan fingerprint density at radius 3 is 2.85 bits per heavy atom. The fraction of sp³-hybridized carbons (Fsp3) is 0.217. The van der Waals surface area contributed by atoms with E-state index >= 15 is 0 Å². The Kier molecular flexibility index (Phi) is 3.62. The normalized spacial score (nSPS) is 19.9. The van der Waals surface area contributed by atoms with Crippen molar-refractivity contribution in [1.82, 2.24) is 20.1 Å². The van der Waals surface area contributed by atoms with Gasteiger partial charge in [0.2, 0.25) is 0 Å². The fourth-order valence-corrected chi connectivity index (χ4v) is 4.49. The van der Waals surface area contributed by atoms with Crippen LogP contribution in [0, 0.1) is 0 Å². The molecule has 4 nitrogen and oxygen atoms in total. The number of H-pyrrole nitrogens is 1. The van der Waals surface area contributed by atoms with Gasteiger partial charge >= 0.3 is 0 Å². The Morgan fingerprint density at radius 2 is 2.00 bits per heavy atom. The van der Waals surface area contributed by atoms with E-state index in [-0.39, 0.29) is 5.41 Å². The summed E-state index contributed by atoms with van der Waals surface area (Å²) in [5.41, 5.74) is 7.29. The summed E-state index contributed by atoms with van der Waals surface area (Å²) in [6.45, 7) is 4.30. The number of aromatic nitrogens is 3. The number of hydrogen-bond donors (Lipinski definition) is 1. The molecule has 1 aliphatic heterocycles. The van der Waals surface area contributed by atoms with Crippen molar-refractivity contribution in [2.75, 3.05) is 13.6 Å². The van der Waals surface area contributed by atoms with Crippen LogP contribution in [-0.2, 0) is 12.0 Å². The quantitative estimate of drug-likeness (QED) is 0.581. The molecule has 27 heavy (non-hydrogen) atoms. The minimum Gasteiger partial charge on any atom is -0.361 e. The van der Waals surface area contributed by atoms with Gasteiger partial charge in [0.1, 0.15) is 0 Å². The standard InChI is InChI=1S/C23H22N4/c1-23(19-7-5-16-9-11-24-22(16)13-19)15-27(2)14-18-12-17(6-8-20(18)23)21-4-3-10-25-26-21/h3-13,24H,14-15H2,1-2H3. The molecule has 5 rings (SSSR count). The first kappa shape index (κ1) is 16.2. The van der Waals surface area contributed by atoms with Crippen molar-refractivity contribution in [3.8, 4) is 11.3 Å². The molecule has 3 heterocycles. The summed E-state index contributed by atoms with van der Waals surface area (Å²) < 4.78 is 0. The molecule has 1 N–H and O–H groups in total. The molecule has 0 saturated heterocycles. The van der Waals surface area contributed by atoms with E-state index in [2.05, 4.69) is 76.5 Å². The summed E-state index contributed by atoms with van der Waals surface area (Å²) in [4.78, 5) is 5.76. The largest absolute Gasteiger partial charge is 0.361 e. The molecule has 0 fully saturated rings. The number of benzene rings is 2. The third-order valence-electron chi connectivity index (χ3n) is 5.79. The maximum Gasteiger partial charge on any atom is 0.0929 e. The van der Waals surface area contributed by atoms with E-state index in [0.717, 1.165) is 24.3 Å². The lowest BCUT2D eigenvalue weighted by atomic mass is 9.71. The van der Waals surface area contributed by atoms with Crippen molar-refractivity contribution in [3.05, 3.63) is 83.7 Å². The second-order valence-corrected chi connectivity index (χ2v) is 7.76. The Bertz CT molecular complexity index is 1120. The smallest absolute Gasteiger partial charge is 0.0929 e. The Balaban J connectivity index is 1.65. The van der Waals surface area contributed by atoms with Crippen LogP contribution in [-0.4, -0.2) is 33.7 Å². The van der Waals surface area contributed by atoms with Crippen molar-refractivity contribution in [2.45, 2.75) is 18.9 Å². The van der Waals surface area contributed by atoms with E-state index in [4.69, 9.17) is 0 Å². The highest BCUT2D eigenvalue weighted by Gasteiger charge is 2.36. The monoisotopic (exact) mass is 354 g/mol. The average Bonchev–Trinajstić information content (AvgIpc) is 3.16. The highest BCUT2D eigenvalue weighted by molar-refractivity contribution is 5.80. The Labute approximate surface area is 158 Å². The molecule has 0 radical (unpaired) electrons. The Morgan fingerprint density at radius 1 is 1.07 bits per heavy atom. The Hall–Kier alpha value is -2.98. The van der Waals surface area contributed by atoms with Gasteiger partial charge in [0.15, 0.2) is 0 Å².